The van der Waals surface area contributed by atoms with Crippen LogP contribution in [0.15, 0.2) is 28.0 Å². The molecule has 0 amide bonds. The highest BCUT2D eigenvalue weighted by Crippen LogP contribution is 2.25. The molecule has 1 aliphatic heterocycles. The maximum atomic E-state index is 12.8. The number of nitrogens with one attached hydrogen (secondary N) is 2. The molecule has 0 radical (unpaired) electrons. The van der Waals surface area contributed by atoms with E-state index in [1.54, 1.807) is 20.0 Å². The highest BCUT2D eigenvalue weighted by Gasteiger charge is 2.28. The topological polar surface area (TPSA) is 95.6 Å². The van der Waals surface area contributed by atoms with Crippen LogP contribution in [0, 0.1) is 6.92 Å². The van der Waals surface area contributed by atoms with Crippen LogP contribution in [0.5, 0.6) is 0 Å². The van der Waals surface area contributed by atoms with E-state index < -0.39 is 20.0 Å². The van der Waals surface area contributed by atoms with Gasteiger partial charge in [0.05, 0.1) is 9.79 Å². The SMILES string of the molecule is CNCCNS(=O)(=O)c1ccc(C)c(S(=O)(=O)N2CCCCC2)c1. The summed E-state index contributed by atoms with van der Waals surface area (Å²) in [5.41, 5.74) is 0.551. The Balaban J connectivity index is 2.34. The molecule has 7 nitrogen and oxygen atoms in total. The lowest BCUT2D eigenvalue weighted by Crippen LogP contribution is -2.36. The van der Waals surface area contributed by atoms with Crippen molar-refractivity contribution in [2.24, 2.45) is 0 Å². The van der Waals surface area contributed by atoms with Gasteiger partial charge < -0.3 is 5.32 Å². The summed E-state index contributed by atoms with van der Waals surface area (Å²) in [6.07, 6.45) is 2.69. The number of likely N-dealkylation sites (N-methyl/N-ethyl adjacent to an activating group) is 1. The summed E-state index contributed by atoms with van der Waals surface area (Å²) in [6.45, 7) is 3.38. The second-order valence-corrected chi connectivity index (χ2v) is 9.57. The lowest BCUT2D eigenvalue weighted by molar-refractivity contribution is 0.346. The Bertz CT molecular complexity index is 770. The molecule has 0 saturated carbocycles. The summed E-state index contributed by atoms with van der Waals surface area (Å²) in [4.78, 5) is 0.0423. The molecule has 1 fully saturated rings. The number of hydrogen-bond donors (Lipinski definition) is 2. The van der Waals surface area contributed by atoms with E-state index in [4.69, 9.17) is 0 Å². The monoisotopic (exact) mass is 375 g/mol. The Morgan fingerprint density at radius 2 is 1.71 bits per heavy atom. The van der Waals surface area contributed by atoms with Crippen molar-refractivity contribution < 1.29 is 16.8 Å². The molecule has 24 heavy (non-hydrogen) atoms. The molecule has 1 aromatic rings. The van der Waals surface area contributed by atoms with Gasteiger partial charge in [0, 0.05) is 26.2 Å². The second kappa shape index (κ2) is 7.92. The third kappa shape index (κ3) is 4.34. The molecular formula is C15H25N3O4S2. The molecule has 0 atom stereocenters. The van der Waals surface area contributed by atoms with Gasteiger partial charge in [-0.3, -0.25) is 0 Å². The van der Waals surface area contributed by atoms with Crippen molar-refractivity contribution in [1.29, 1.82) is 0 Å². The van der Waals surface area contributed by atoms with Gasteiger partial charge in [-0.25, -0.2) is 21.6 Å². The Hall–Kier alpha value is -1.00. The fraction of sp³-hybridized carbons (Fsp3) is 0.600. The van der Waals surface area contributed by atoms with E-state index in [0.29, 0.717) is 25.2 Å². The molecule has 1 saturated heterocycles. The zero-order valence-electron chi connectivity index (χ0n) is 14.1. The standard InChI is InChI=1S/C15H25N3O4S2/c1-13-6-7-14(23(19,20)17-9-8-16-2)12-15(13)24(21,22)18-10-4-3-5-11-18/h6-7,12,16-17H,3-5,8-11H2,1-2H3. The average molecular weight is 376 g/mol. The summed E-state index contributed by atoms with van der Waals surface area (Å²) in [7, 11) is -5.68. The molecule has 0 aromatic heterocycles. The van der Waals surface area contributed by atoms with Gasteiger partial charge in [-0.15, -0.1) is 0 Å². The lowest BCUT2D eigenvalue weighted by Gasteiger charge is -2.26. The van der Waals surface area contributed by atoms with Gasteiger partial charge in [-0.1, -0.05) is 12.5 Å². The predicted octanol–water partition coefficient (Wildman–Crippen LogP) is 0.667. The van der Waals surface area contributed by atoms with Crippen LogP contribution in [0.1, 0.15) is 24.8 Å². The number of benzene rings is 1. The van der Waals surface area contributed by atoms with E-state index in [9.17, 15) is 16.8 Å². The average Bonchev–Trinajstić information content (AvgIpc) is 2.56. The molecule has 1 aromatic carbocycles. The third-order valence-corrected chi connectivity index (χ3v) is 7.57. The molecule has 136 valence electrons. The number of hydrogen-bond acceptors (Lipinski definition) is 5. The molecule has 2 N–H and O–H groups in total. The van der Waals surface area contributed by atoms with Crippen LogP contribution in [0.2, 0.25) is 0 Å². The Morgan fingerprint density at radius 3 is 2.33 bits per heavy atom. The first-order valence-corrected chi connectivity index (χ1v) is 11.0. The van der Waals surface area contributed by atoms with E-state index in [1.807, 2.05) is 0 Å². The first-order chi connectivity index (χ1) is 11.3. The van der Waals surface area contributed by atoms with Gasteiger partial charge in [0.15, 0.2) is 0 Å². The summed E-state index contributed by atoms with van der Waals surface area (Å²) >= 11 is 0. The van der Waals surface area contributed by atoms with Crippen LogP contribution in [0.25, 0.3) is 0 Å². The van der Waals surface area contributed by atoms with Crippen LogP contribution in [-0.2, 0) is 20.0 Å². The van der Waals surface area contributed by atoms with Crippen molar-refractivity contribution in [2.45, 2.75) is 36.0 Å². The minimum atomic E-state index is -3.74. The Labute approximate surface area is 144 Å². The van der Waals surface area contributed by atoms with Crippen molar-refractivity contribution in [3.63, 3.8) is 0 Å². The fourth-order valence-corrected chi connectivity index (χ4v) is 5.56. The maximum absolute atomic E-state index is 12.8. The minimum Gasteiger partial charge on any atom is -0.318 e. The van der Waals surface area contributed by atoms with E-state index in [1.165, 1.54) is 16.4 Å². The van der Waals surface area contributed by atoms with Crippen molar-refractivity contribution in [1.82, 2.24) is 14.3 Å². The molecule has 0 unspecified atom stereocenters. The van der Waals surface area contributed by atoms with Crippen molar-refractivity contribution in [2.75, 3.05) is 33.2 Å². The Kier molecular flexibility index (Phi) is 6.38. The van der Waals surface area contributed by atoms with E-state index in [-0.39, 0.29) is 16.3 Å². The van der Waals surface area contributed by atoms with Gasteiger partial charge in [0.2, 0.25) is 20.0 Å². The quantitative estimate of drug-likeness (QED) is 0.683. The molecular weight excluding hydrogens is 350 g/mol. The van der Waals surface area contributed by atoms with Crippen LogP contribution in [0.3, 0.4) is 0 Å². The van der Waals surface area contributed by atoms with E-state index in [0.717, 1.165) is 19.3 Å². The van der Waals surface area contributed by atoms with Gasteiger partial charge in [-0.05, 0) is 44.5 Å². The van der Waals surface area contributed by atoms with Gasteiger partial charge in [0.1, 0.15) is 0 Å². The number of nitrogens with zero attached hydrogens (tertiary/aromatic N) is 1. The number of piperidine rings is 1. The lowest BCUT2D eigenvalue weighted by atomic mass is 10.2. The summed E-state index contributed by atoms with van der Waals surface area (Å²) in [5.74, 6) is 0. The van der Waals surface area contributed by atoms with E-state index in [2.05, 4.69) is 10.0 Å². The molecule has 0 aliphatic carbocycles. The summed E-state index contributed by atoms with van der Waals surface area (Å²) in [5, 5.41) is 2.85. The highest BCUT2D eigenvalue weighted by atomic mass is 32.2. The van der Waals surface area contributed by atoms with Crippen LogP contribution in [-0.4, -0.2) is 54.4 Å². The Morgan fingerprint density at radius 1 is 1.04 bits per heavy atom. The van der Waals surface area contributed by atoms with Gasteiger partial charge >= 0.3 is 0 Å². The largest absolute Gasteiger partial charge is 0.318 e. The predicted molar refractivity (Wildman–Crippen MR) is 92.9 cm³/mol. The smallest absolute Gasteiger partial charge is 0.243 e. The zero-order chi connectivity index (χ0) is 17.8. The van der Waals surface area contributed by atoms with Crippen molar-refractivity contribution >= 4 is 20.0 Å². The summed E-state index contributed by atoms with van der Waals surface area (Å²) < 4.78 is 54.3. The van der Waals surface area contributed by atoms with Crippen molar-refractivity contribution in [3.05, 3.63) is 23.8 Å². The first-order valence-electron chi connectivity index (χ1n) is 8.04. The summed E-state index contributed by atoms with van der Waals surface area (Å²) in [6, 6.07) is 4.25. The molecule has 2 rings (SSSR count). The molecule has 9 heteroatoms. The normalized spacial score (nSPS) is 17.1. The maximum Gasteiger partial charge on any atom is 0.243 e. The van der Waals surface area contributed by atoms with Gasteiger partial charge in [-0.2, -0.15) is 4.31 Å². The molecule has 0 spiro atoms. The van der Waals surface area contributed by atoms with E-state index >= 15 is 0 Å². The van der Waals surface area contributed by atoms with Crippen LogP contribution in [0.4, 0.5) is 0 Å². The van der Waals surface area contributed by atoms with Crippen LogP contribution >= 0.6 is 0 Å². The van der Waals surface area contributed by atoms with Crippen molar-refractivity contribution in [3.8, 4) is 0 Å². The van der Waals surface area contributed by atoms with Gasteiger partial charge in [0.25, 0.3) is 0 Å². The van der Waals surface area contributed by atoms with Crippen LogP contribution < -0.4 is 10.0 Å². The number of aryl methyl sites for hydroxylation is 1. The molecule has 1 aliphatic rings. The zero-order valence-corrected chi connectivity index (χ0v) is 15.7. The first kappa shape index (κ1) is 19.3. The minimum absolute atomic E-state index is 0.0280. The number of sulfonamides is 2. The third-order valence-electron chi connectivity index (χ3n) is 4.07. The molecule has 0 bridgehead atoms. The second-order valence-electron chi connectivity index (χ2n) is 5.89. The molecule has 1 heterocycles. The highest BCUT2D eigenvalue weighted by molar-refractivity contribution is 7.90. The fourth-order valence-electron chi connectivity index (χ4n) is 2.66. The number of rotatable bonds is 7.